The summed E-state index contributed by atoms with van der Waals surface area (Å²) in [6.07, 6.45) is 0. The van der Waals surface area contributed by atoms with E-state index in [1.54, 1.807) is 0 Å². The summed E-state index contributed by atoms with van der Waals surface area (Å²) in [5.41, 5.74) is 13.4. The molecule has 4 heteroatoms. The summed E-state index contributed by atoms with van der Waals surface area (Å²) in [4.78, 5) is 2.39. The van der Waals surface area contributed by atoms with Crippen molar-refractivity contribution in [2.45, 2.75) is 0 Å². The second-order valence-corrected chi connectivity index (χ2v) is 15.8. The number of benzene rings is 9. The van der Waals surface area contributed by atoms with E-state index in [4.69, 9.17) is 8.83 Å². The quantitative estimate of drug-likeness (QED) is 0.169. The van der Waals surface area contributed by atoms with E-state index in [1.807, 2.05) is 29.5 Å². The maximum atomic E-state index is 7.17. The van der Waals surface area contributed by atoms with Gasteiger partial charge in [-0.25, -0.2) is 0 Å². The van der Waals surface area contributed by atoms with E-state index < -0.39 is 0 Å². The lowest BCUT2D eigenvalue weighted by molar-refractivity contribution is 0.663. The van der Waals surface area contributed by atoms with Gasteiger partial charge in [-0.05, 0) is 76.9 Å². The molecule has 3 nitrogen and oxygen atoms in total. The number of thiophene rings is 1. The molecule has 58 heavy (non-hydrogen) atoms. The third-order valence-electron chi connectivity index (χ3n) is 11.5. The van der Waals surface area contributed by atoms with Crippen molar-refractivity contribution in [1.82, 2.24) is 0 Å². The Labute approximate surface area is 338 Å². The average Bonchev–Trinajstić information content (AvgIpc) is 3.99. The van der Waals surface area contributed by atoms with E-state index in [1.165, 1.54) is 36.9 Å². The first-order valence-electron chi connectivity index (χ1n) is 19.6. The van der Waals surface area contributed by atoms with Crippen LogP contribution in [0.1, 0.15) is 0 Å². The van der Waals surface area contributed by atoms with E-state index in [0.717, 1.165) is 77.6 Å². The molecule has 3 aromatic heterocycles. The zero-order chi connectivity index (χ0) is 38.2. The van der Waals surface area contributed by atoms with Crippen LogP contribution in [-0.4, -0.2) is 0 Å². The fourth-order valence-corrected chi connectivity index (χ4v) is 10.0. The summed E-state index contributed by atoms with van der Waals surface area (Å²) in [6, 6.07) is 71.3. The van der Waals surface area contributed by atoms with Gasteiger partial charge in [0.2, 0.25) is 0 Å². The van der Waals surface area contributed by atoms with Crippen LogP contribution in [0.3, 0.4) is 0 Å². The van der Waals surface area contributed by atoms with Crippen LogP contribution < -0.4 is 4.90 Å². The minimum atomic E-state index is 0.822. The number of para-hydroxylation sites is 1. The normalized spacial score (nSPS) is 11.8. The third kappa shape index (κ3) is 5.12. The molecule has 0 amide bonds. The van der Waals surface area contributed by atoms with E-state index in [9.17, 15) is 0 Å². The second kappa shape index (κ2) is 13.1. The molecule has 0 aliphatic heterocycles. The van der Waals surface area contributed by atoms with E-state index in [0.29, 0.717) is 0 Å². The molecule has 12 rings (SSSR count). The van der Waals surface area contributed by atoms with Crippen molar-refractivity contribution in [3.63, 3.8) is 0 Å². The summed E-state index contributed by atoms with van der Waals surface area (Å²) in [5.74, 6) is 0. The van der Waals surface area contributed by atoms with Gasteiger partial charge >= 0.3 is 0 Å². The molecule has 0 saturated carbocycles. The first-order chi connectivity index (χ1) is 28.8. The van der Waals surface area contributed by atoms with Crippen molar-refractivity contribution in [3.05, 3.63) is 200 Å². The standard InChI is InChI=1S/C54H33NO2S/c1-3-12-34(13-4-1)36-22-26-38(27-23-36)55(39-28-24-37(25-29-39)35-14-5-2-6-15-35)52-41(43-19-11-18-42-40-16-8-10-21-49(40)58-54(42)43)30-31-45-51-48(57-53(45)52)33-32-47-50(51)44-17-7-9-20-46(44)56-47/h1-33H. The van der Waals surface area contributed by atoms with E-state index >= 15 is 0 Å². The molecule has 9 aromatic carbocycles. The molecule has 0 spiro atoms. The number of fused-ring (bicyclic) bond motifs is 10. The fourth-order valence-electron chi connectivity index (χ4n) is 8.80. The van der Waals surface area contributed by atoms with Crippen LogP contribution in [0.25, 0.3) is 97.4 Å². The van der Waals surface area contributed by atoms with Crippen LogP contribution in [0.15, 0.2) is 209 Å². The molecule has 0 fully saturated rings. The van der Waals surface area contributed by atoms with Gasteiger partial charge in [-0.15, -0.1) is 11.3 Å². The largest absolute Gasteiger partial charge is 0.456 e. The van der Waals surface area contributed by atoms with Crippen molar-refractivity contribution in [2.24, 2.45) is 0 Å². The SMILES string of the molecule is c1ccc(-c2ccc(N(c3ccc(-c4ccccc4)cc3)c3c(-c4cccc5c4sc4ccccc45)ccc4c3oc3ccc5oc6ccccc6c5c34)cc2)cc1. The van der Waals surface area contributed by atoms with Crippen LogP contribution >= 0.6 is 11.3 Å². The fraction of sp³-hybridized carbons (Fsp3) is 0. The van der Waals surface area contributed by atoms with Crippen LogP contribution in [0.2, 0.25) is 0 Å². The number of hydrogen-bond acceptors (Lipinski definition) is 4. The number of rotatable bonds is 6. The molecule has 3 heterocycles. The van der Waals surface area contributed by atoms with Crippen molar-refractivity contribution in [3.8, 4) is 33.4 Å². The third-order valence-corrected chi connectivity index (χ3v) is 12.7. The van der Waals surface area contributed by atoms with Crippen molar-refractivity contribution >= 4 is 92.4 Å². The monoisotopic (exact) mass is 759 g/mol. The maximum absolute atomic E-state index is 7.17. The molecule has 0 atom stereocenters. The van der Waals surface area contributed by atoms with Gasteiger partial charge in [-0.3, -0.25) is 0 Å². The molecular weight excluding hydrogens is 727 g/mol. The topological polar surface area (TPSA) is 29.5 Å². The molecule has 0 aliphatic carbocycles. The highest BCUT2D eigenvalue weighted by Gasteiger charge is 2.27. The van der Waals surface area contributed by atoms with Gasteiger partial charge in [0, 0.05) is 64.2 Å². The first-order valence-corrected chi connectivity index (χ1v) is 20.4. The van der Waals surface area contributed by atoms with Crippen LogP contribution in [0.5, 0.6) is 0 Å². The highest BCUT2D eigenvalue weighted by atomic mass is 32.1. The summed E-state index contributed by atoms with van der Waals surface area (Å²) in [5, 5.41) is 6.78. The van der Waals surface area contributed by atoms with Crippen molar-refractivity contribution in [2.75, 3.05) is 4.90 Å². The van der Waals surface area contributed by atoms with Gasteiger partial charge in [-0.1, -0.05) is 146 Å². The Kier molecular flexibility index (Phi) is 7.40. The lowest BCUT2D eigenvalue weighted by Crippen LogP contribution is -2.11. The van der Waals surface area contributed by atoms with Gasteiger partial charge in [0.05, 0.1) is 5.69 Å². The summed E-state index contributed by atoms with van der Waals surface area (Å²) >= 11 is 1.85. The Bertz CT molecular complexity index is 3400. The Balaban J connectivity index is 1.18. The van der Waals surface area contributed by atoms with Gasteiger partial charge in [0.15, 0.2) is 5.58 Å². The molecule has 272 valence electrons. The minimum Gasteiger partial charge on any atom is -0.456 e. The Morgan fingerprint density at radius 1 is 0.345 bits per heavy atom. The molecule has 12 aromatic rings. The molecule has 0 bridgehead atoms. The predicted octanol–water partition coefficient (Wildman–Crippen LogP) is 16.3. The lowest BCUT2D eigenvalue weighted by atomic mass is 9.96. The Morgan fingerprint density at radius 3 is 1.59 bits per heavy atom. The highest BCUT2D eigenvalue weighted by molar-refractivity contribution is 7.26. The van der Waals surface area contributed by atoms with Gasteiger partial charge in [0.1, 0.15) is 16.7 Å². The number of anilines is 3. The van der Waals surface area contributed by atoms with Crippen LogP contribution in [0.4, 0.5) is 17.1 Å². The zero-order valence-corrected chi connectivity index (χ0v) is 32.0. The first kappa shape index (κ1) is 32.8. The Morgan fingerprint density at radius 2 is 0.897 bits per heavy atom. The highest BCUT2D eigenvalue weighted by Crippen LogP contribution is 2.52. The van der Waals surface area contributed by atoms with Gasteiger partial charge in [0.25, 0.3) is 0 Å². The summed E-state index contributed by atoms with van der Waals surface area (Å²) in [6.45, 7) is 0. The number of nitrogens with zero attached hydrogens (tertiary/aromatic N) is 1. The molecule has 0 saturated heterocycles. The summed E-state index contributed by atoms with van der Waals surface area (Å²) < 4.78 is 16.1. The minimum absolute atomic E-state index is 0.822. The smallest absolute Gasteiger partial charge is 0.160 e. The van der Waals surface area contributed by atoms with E-state index in [-0.39, 0.29) is 0 Å². The van der Waals surface area contributed by atoms with Gasteiger partial charge in [-0.2, -0.15) is 0 Å². The zero-order valence-electron chi connectivity index (χ0n) is 31.2. The van der Waals surface area contributed by atoms with E-state index in [2.05, 4.69) is 187 Å². The second-order valence-electron chi connectivity index (χ2n) is 14.8. The molecule has 0 aliphatic rings. The van der Waals surface area contributed by atoms with Crippen molar-refractivity contribution < 1.29 is 8.83 Å². The molecule has 0 radical (unpaired) electrons. The molecule has 0 unspecified atom stereocenters. The number of furan rings is 2. The van der Waals surface area contributed by atoms with Gasteiger partial charge < -0.3 is 13.7 Å². The average molecular weight is 760 g/mol. The van der Waals surface area contributed by atoms with Crippen LogP contribution in [0, 0.1) is 0 Å². The lowest BCUT2D eigenvalue weighted by Gasteiger charge is -2.28. The maximum Gasteiger partial charge on any atom is 0.160 e. The molecular formula is C54H33NO2S. The Hall–Kier alpha value is -7.40. The van der Waals surface area contributed by atoms with Crippen molar-refractivity contribution in [1.29, 1.82) is 0 Å². The molecule has 0 N–H and O–H groups in total. The summed E-state index contributed by atoms with van der Waals surface area (Å²) in [7, 11) is 0. The van der Waals surface area contributed by atoms with Crippen LogP contribution in [-0.2, 0) is 0 Å². The number of hydrogen-bond donors (Lipinski definition) is 0. The predicted molar refractivity (Wildman–Crippen MR) is 245 cm³/mol.